The first-order chi connectivity index (χ1) is 16.5. The molecule has 0 aliphatic rings. The molecule has 35 heavy (non-hydrogen) atoms. The van der Waals surface area contributed by atoms with Gasteiger partial charge < -0.3 is 15.0 Å². The molecule has 0 unspecified atom stereocenters. The summed E-state index contributed by atoms with van der Waals surface area (Å²) in [5.41, 5.74) is 0.894. The summed E-state index contributed by atoms with van der Waals surface area (Å²) in [6, 6.07) is 12.7. The normalized spacial score (nSPS) is 13.0. The number of hydrogen-bond acceptors (Lipinski definition) is 5. The fraction of sp³-hybridized carbons (Fsp3) is 0.440. The Bertz CT molecular complexity index is 1130. The number of nitrogens with zero attached hydrogens (tertiary/aromatic N) is 2. The average molecular weight is 524 g/mol. The third-order valence-electron chi connectivity index (χ3n) is 5.58. The number of carbonyl (C=O) groups excluding carboxylic acids is 2. The molecule has 2 aromatic carbocycles. The van der Waals surface area contributed by atoms with Crippen LogP contribution in [-0.2, 0) is 26.2 Å². The molecule has 0 saturated heterocycles. The topological polar surface area (TPSA) is 96.0 Å². The van der Waals surface area contributed by atoms with Crippen LogP contribution in [0.2, 0.25) is 5.02 Å². The summed E-state index contributed by atoms with van der Waals surface area (Å²) in [6.07, 6.45) is 1.76. The second-order valence-corrected chi connectivity index (χ2v) is 10.6. The molecule has 8 nitrogen and oxygen atoms in total. The van der Waals surface area contributed by atoms with Crippen molar-refractivity contribution in [2.75, 3.05) is 23.7 Å². The van der Waals surface area contributed by atoms with Crippen molar-refractivity contribution in [3.63, 3.8) is 0 Å². The number of ether oxygens (including phenoxy) is 1. The van der Waals surface area contributed by atoms with Crippen molar-refractivity contribution in [3.8, 4) is 5.75 Å². The van der Waals surface area contributed by atoms with E-state index in [0.29, 0.717) is 22.9 Å². The molecular formula is C25H34ClN3O5S. The fourth-order valence-corrected chi connectivity index (χ4v) is 4.44. The highest BCUT2D eigenvalue weighted by Gasteiger charge is 2.31. The van der Waals surface area contributed by atoms with Crippen molar-refractivity contribution < 1.29 is 22.7 Å². The van der Waals surface area contributed by atoms with Gasteiger partial charge in [0.05, 0.1) is 18.6 Å². The molecule has 0 heterocycles. The number of amides is 2. The molecule has 2 atom stereocenters. The molecule has 2 rings (SSSR count). The lowest BCUT2D eigenvalue weighted by atomic mass is 10.1. The molecule has 0 aliphatic carbocycles. The van der Waals surface area contributed by atoms with Crippen molar-refractivity contribution in [3.05, 3.63) is 59.1 Å². The van der Waals surface area contributed by atoms with Crippen LogP contribution in [0, 0.1) is 0 Å². The Morgan fingerprint density at radius 3 is 2.29 bits per heavy atom. The van der Waals surface area contributed by atoms with Crippen LogP contribution in [0.1, 0.15) is 39.7 Å². The van der Waals surface area contributed by atoms with Crippen LogP contribution < -0.4 is 14.4 Å². The average Bonchev–Trinajstić information content (AvgIpc) is 2.81. The fourth-order valence-electron chi connectivity index (χ4n) is 3.39. The van der Waals surface area contributed by atoms with E-state index in [1.165, 1.54) is 4.90 Å². The summed E-state index contributed by atoms with van der Waals surface area (Å²) in [5, 5.41) is 3.33. The Morgan fingerprint density at radius 2 is 1.69 bits per heavy atom. The van der Waals surface area contributed by atoms with E-state index in [1.807, 2.05) is 13.8 Å². The van der Waals surface area contributed by atoms with Gasteiger partial charge in [-0.15, -0.1) is 0 Å². The van der Waals surface area contributed by atoms with Crippen molar-refractivity contribution in [1.29, 1.82) is 0 Å². The Labute approximate surface area is 213 Å². The lowest BCUT2D eigenvalue weighted by Gasteiger charge is -2.32. The molecule has 1 N–H and O–H groups in total. The van der Waals surface area contributed by atoms with Gasteiger partial charge in [0, 0.05) is 17.6 Å². The lowest BCUT2D eigenvalue weighted by Crippen LogP contribution is -2.52. The van der Waals surface area contributed by atoms with Gasteiger partial charge in [0.25, 0.3) is 0 Å². The molecule has 192 valence electrons. The van der Waals surface area contributed by atoms with E-state index >= 15 is 0 Å². The van der Waals surface area contributed by atoms with Gasteiger partial charge in [-0.05, 0) is 51.0 Å². The third kappa shape index (κ3) is 7.86. The number of anilines is 1. The smallest absolute Gasteiger partial charge is 0.244 e. The maximum atomic E-state index is 13.6. The van der Waals surface area contributed by atoms with Gasteiger partial charge >= 0.3 is 0 Å². The van der Waals surface area contributed by atoms with Crippen LogP contribution in [0.25, 0.3) is 0 Å². The van der Waals surface area contributed by atoms with Crippen molar-refractivity contribution in [1.82, 2.24) is 10.2 Å². The van der Waals surface area contributed by atoms with Gasteiger partial charge in [0.1, 0.15) is 18.3 Å². The second kappa shape index (κ2) is 12.8. The summed E-state index contributed by atoms with van der Waals surface area (Å²) in [7, 11) is -3.86. The maximum absolute atomic E-state index is 13.6. The summed E-state index contributed by atoms with van der Waals surface area (Å²) < 4.78 is 32.1. The zero-order valence-electron chi connectivity index (χ0n) is 20.8. The van der Waals surface area contributed by atoms with Gasteiger partial charge in [-0.2, -0.15) is 0 Å². The number of sulfonamides is 1. The third-order valence-corrected chi connectivity index (χ3v) is 7.08. The van der Waals surface area contributed by atoms with E-state index < -0.39 is 28.5 Å². The largest absolute Gasteiger partial charge is 0.492 e. The Hall–Kier alpha value is -2.78. The van der Waals surface area contributed by atoms with E-state index in [-0.39, 0.29) is 24.2 Å². The highest BCUT2D eigenvalue weighted by atomic mass is 35.5. The number of hydrogen-bond donors (Lipinski definition) is 1. The summed E-state index contributed by atoms with van der Waals surface area (Å²) in [5.74, 6) is -0.540. The maximum Gasteiger partial charge on any atom is 0.244 e. The van der Waals surface area contributed by atoms with E-state index in [9.17, 15) is 18.0 Å². The highest BCUT2D eigenvalue weighted by Crippen LogP contribution is 2.30. The molecule has 0 aromatic heterocycles. The quantitative estimate of drug-likeness (QED) is 0.456. The lowest BCUT2D eigenvalue weighted by molar-refractivity contribution is -0.139. The summed E-state index contributed by atoms with van der Waals surface area (Å²) >= 11 is 6.33. The number of benzene rings is 2. The van der Waals surface area contributed by atoms with Crippen LogP contribution >= 0.6 is 11.6 Å². The SMILES string of the molecule is CCOc1ccccc1N(CC(=O)N(Cc1ccccc1Cl)[C@H](C)C(=O)N[C@@H](C)CC)S(C)(=O)=O. The van der Waals surface area contributed by atoms with Crippen molar-refractivity contribution >= 4 is 39.1 Å². The highest BCUT2D eigenvalue weighted by molar-refractivity contribution is 7.92. The minimum absolute atomic E-state index is 0.0400. The van der Waals surface area contributed by atoms with Crippen LogP contribution in [-0.4, -0.2) is 56.6 Å². The number of halogens is 1. The Morgan fingerprint density at radius 1 is 1.06 bits per heavy atom. The Kier molecular flexibility index (Phi) is 10.4. The molecule has 2 aromatic rings. The molecule has 10 heteroatoms. The first-order valence-corrected chi connectivity index (χ1v) is 13.7. The monoisotopic (exact) mass is 523 g/mol. The van der Waals surface area contributed by atoms with E-state index in [4.69, 9.17) is 16.3 Å². The number of para-hydroxylation sites is 2. The zero-order chi connectivity index (χ0) is 26.2. The van der Waals surface area contributed by atoms with Gasteiger partial charge in [-0.3, -0.25) is 13.9 Å². The standard InChI is InChI=1S/C25H34ClN3O5S/c1-6-18(3)27-25(31)19(4)28(16-20-12-8-9-13-21(20)26)24(30)17-29(35(5,32)33)22-14-10-11-15-23(22)34-7-2/h8-15,18-19H,6-7,16-17H2,1-5H3,(H,27,31)/t18-,19+/m0/s1. The minimum atomic E-state index is -3.86. The molecule has 0 saturated carbocycles. The molecule has 0 spiro atoms. The molecule has 2 amide bonds. The predicted molar refractivity (Wildman–Crippen MR) is 139 cm³/mol. The number of nitrogens with one attached hydrogen (secondary N) is 1. The number of carbonyl (C=O) groups is 2. The second-order valence-electron chi connectivity index (χ2n) is 8.28. The number of rotatable bonds is 12. The van der Waals surface area contributed by atoms with Gasteiger partial charge in [-0.25, -0.2) is 8.42 Å². The van der Waals surface area contributed by atoms with Gasteiger partial charge in [0.2, 0.25) is 21.8 Å². The molecule has 0 bridgehead atoms. The molecule has 0 fully saturated rings. The first kappa shape index (κ1) is 28.5. The summed E-state index contributed by atoms with van der Waals surface area (Å²) in [4.78, 5) is 27.9. The zero-order valence-corrected chi connectivity index (χ0v) is 22.4. The first-order valence-electron chi connectivity index (χ1n) is 11.5. The van der Waals surface area contributed by atoms with E-state index in [2.05, 4.69) is 5.32 Å². The van der Waals surface area contributed by atoms with Crippen LogP contribution in [0.4, 0.5) is 5.69 Å². The minimum Gasteiger partial charge on any atom is -0.492 e. The van der Waals surface area contributed by atoms with Crippen LogP contribution in [0.15, 0.2) is 48.5 Å². The van der Waals surface area contributed by atoms with E-state index in [1.54, 1.807) is 62.4 Å². The van der Waals surface area contributed by atoms with E-state index in [0.717, 1.165) is 17.0 Å². The molecule has 0 aliphatic heterocycles. The summed E-state index contributed by atoms with van der Waals surface area (Å²) in [6.45, 7) is 7.09. The van der Waals surface area contributed by atoms with Gasteiger partial charge in [-0.1, -0.05) is 48.9 Å². The predicted octanol–water partition coefficient (Wildman–Crippen LogP) is 3.84. The Balaban J connectivity index is 2.45. The van der Waals surface area contributed by atoms with Crippen LogP contribution in [0.5, 0.6) is 5.75 Å². The van der Waals surface area contributed by atoms with Gasteiger partial charge in [0.15, 0.2) is 0 Å². The van der Waals surface area contributed by atoms with Crippen molar-refractivity contribution in [2.45, 2.75) is 52.7 Å². The van der Waals surface area contributed by atoms with Crippen molar-refractivity contribution in [2.24, 2.45) is 0 Å². The molecule has 0 radical (unpaired) electrons. The van der Waals surface area contributed by atoms with Crippen LogP contribution in [0.3, 0.4) is 0 Å². The molecular weight excluding hydrogens is 490 g/mol.